The smallest absolute Gasteiger partial charge is 0.366 e. The van der Waals surface area contributed by atoms with Crippen molar-refractivity contribution in [1.82, 2.24) is 0 Å². The number of esters is 2. The Bertz CT molecular complexity index is 284. The predicted molar refractivity (Wildman–Crippen MR) is 53.2 cm³/mol. The second-order valence-electron chi connectivity index (χ2n) is 2.69. The highest BCUT2D eigenvalue weighted by atomic mass is 19.1. The first kappa shape index (κ1) is 15.2. The molecule has 0 aliphatic rings. The number of carbonyl (C=O) groups excluding carboxylic acids is 2. The van der Waals surface area contributed by atoms with Gasteiger partial charge in [-0.2, -0.15) is 8.78 Å². The zero-order valence-corrected chi connectivity index (χ0v) is 9.04. The molecule has 0 heterocycles. The number of rotatable bonds is 8. The number of ether oxygens (including phenoxy) is 3. The van der Waals surface area contributed by atoms with Gasteiger partial charge in [-0.1, -0.05) is 13.2 Å². The van der Waals surface area contributed by atoms with Crippen LogP contribution in [0.4, 0.5) is 8.78 Å². The molecular formula is C10H12F2O5. The largest absolute Gasteiger partial charge is 0.458 e. The van der Waals surface area contributed by atoms with E-state index in [0.29, 0.717) is 0 Å². The summed E-state index contributed by atoms with van der Waals surface area (Å²) in [7, 11) is 0. The zero-order valence-electron chi connectivity index (χ0n) is 9.04. The molecule has 0 N–H and O–H groups in total. The van der Waals surface area contributed by atoms with Crippen LogP contribution in [0.3, 0.4) is 0 Å². The second kappa shape index (κ2) is 8.40. The topological polar surface area (TPSA) is 61.8 Å². The molecule has 96 valence electrons. The van der Waals surface area contributed by atoms with Gasteiger partial charge in [0.2, 0.25) is 11.7 Å². The van der Waals surface area contributed by atoms with Crippen molar-refractivity contribution >= 4 is 11.9 Å². The quantitative estimate of drug-likeness (QED) is 0.366. The molecule has 5 nitrogen and oxygen atoms in total. The first-order chi connectivity index (χ1) is 7.95. The van der Waals surface area contributed by atoms with Crippen LogP contribution in [-0.4, -0.2) is 38.4 Å². The molecule has 0 aromatic heterocycles. The first-order valence-electron chi connectivity index (χ1n) is 4.56. The van der Waals surface area contributed by atoms with Gasteiger partial charge in [0.25, 0.3) is 0 Å². The highest BCUT2D eigenvalue weighted by Crippen LogP contribution is 1.96. The van der Waals surface area contributed by atoms with Gasteiger partial charge in [0.15, 0.2) is 0 Å². The molecule has 0 aromatic rings. The summed E-state index contributed by atoms with van der Waals surface area (Å²) in [6.45, 7) is 5.14. The van der Waals surface area contributed by atoms with Crippen LogP contribution in [0.15, 0.2) is 24.8 Å². The molecule has 0 fully saturated rings. The molecule has 0 spiro atoms. The fourth-order valence-electron chi connectivity index (χ4n) is 0.645. The molecule has 0 saturated carbocycles. The summed E-state index contributed by atoms with van der Waals surface area (Å²) in [5.41, 5.74) is 0. The Hall–Kier alpha value is -1.76. The summed E-state index contributed by atoms with van der Waals surface area (Å²) >= 11 is 0. The molecule has 17 heavy (non-hydrogen) atoms. The van der Waals surface area contributed by atoms with Crippen molar-refractivity contribution in [2.24, 2.45) is 0 Å². The summed E-state index contributed by atoms with van der Waals surface area (Å²) in [6.07, 6.45) is 0. The average Bonchev–Trinajstić information content (AvgIpc) is 2.26. The van der Waals surface area contributed by atoms with Crippen molar-refractivity contribution < 1.29 is 32.6 Å². The lowest BCUT2D eigenvalue weighted by Crippen LogP contribution is -2.14. The molecule has 7 heteroatoms. The summed E-state index contributed by atoms with van der Waals surface area (Å²) in [5, 5.41) is 0. The molecule has 0 unspecified atom stereocenters. The number of hydrogen-bond donors (Lipinski definition) is 0. The van der Waals surface area contributed by atoms with Gasteiger partial charge in [0, 0.05) is 0 Å². The third-order valence-corrected chi connectivity index (χ3v) is 1.36. The van der Waals surface area contributed by atoms with Crippen LogP contribution in [0.2, 0.25) is 0 Å². The number of halogens is 2. The van der Waals surface area contributed by atoms with Crippen molar-refractivity contribution in [3.8, 4) is 0 Å². The van der Waals surface area contributed by atoms with Gasteiger partial charge in [-0.05, 0) is 0 Å². The van der Waals surface area contributed by atoms with Crippen molar-refractivity contribution in [3.05, 3.63) is 24.8 Å². The van der Waals surface area contributed by atoms with Crippen molar-refractivity contribution in [1.29, 1.82) is 0 Å². The molecule has 0 rings (SSSR count). The Kier molecular flexibility index (Phi) is 7.53. The third-order valence-electron chi connectivity index (χ3n) is 1.36. The maximum atomic E-state index is 12.1. The fraction of sp³-hybridized carbons (Fsp3) is 0.400. The monoisotopic (exact) mass is 250 g/mol. The van der Waals surface area contributed by atoms with E-state index in [0.717, 1.165) is 0 Å². The Labute approximate surface area is 96.6 Å². The lowest BCUT2D eigenvalue weighted by molar-refractivity contribution is -0.143. The van der Waals surface area contributed by atoms with Crippen LogP contribution < -0.4 is 0 Å². The van der Waals surface area contributed by atoms with Gasteiger partial charge in [0.1, 0.15) is 13.2 Å². The maximum absolute atomic E-state index is 12.1. The first-order valence-corrected chi connectivity index (χ1v) is 4.56. The van der Waals surface area contributed by atoms with Crippen LogP contribution in [0.1, 0.15) is 0 Å². The highest BCUT2D eigenvalue weighted by Gasteiger charge is 2.07. The van der Waals surface area contributed by atoms with E-state index in [-0.39, 0.29) is 26.4 Å². The van der Waals surface area contributed by atoms with Gasteiger partial charge < -0.3 is 14.2 Å². The van der Waals surface area contributed by atoms with Crippen LogP contribution in [0, 0.1) is 0 Å². The van der Waals surface area contributed by atoms with Crippen molar-refractivity contribution in [2.45, 2.75) is 0 Å². The minimum Gasteiger partial charge on any atom is -0.458 e. The molecule has 0 saturated heterocycles. The Morgan fingerprint density at radius 3 is 1.47 bits per heavy atom. The molecular weight excluding hydrogens is 238 g/mol. The lowest BCUT2D eigenvalue weighted by Gasteiger charge is -2.05. The van der Waals surface area contributed by atoms with E-state index in [1.165, 1.54) is 0 Å². The van der Waals surface area contributed by atoms with Crippen LogP contribution in [0.5, 0.6) is 0 Å². The van der Waals surface area contributed by atoms with Gasteiger partial charge in [0.05, 0.1) is 13.2 Å². The molecule has 0 aliphatic heterocycles. The van der Waals surface area contributed by atoms with E-state index in [9.17, 15) is 18.4 Å². The van der Waals surface area contributed by atoms with Gasteiger partial charge >= 0.3 is 11.9 Å². The van der Waals surface area contributed by atoms with Crippen LogP contribution >= 0.6 is 0 Å². The minimum atomic E-state index is -1.19. The number of hydrogen-bond acceptors (Lipinski definition) is 5. The molecule has 0 bridgehead atoms. The molecule has 0 atom stereocenters. The lowest BCUT2D eigenvalue weighted by atomic mass is 10.6. The van der Waals surface area contributed by atoms with E-state index in [1.807, 2.05) is 0 Å². The number of carbonyl (C=O) groups is 2. The maximum Gasteiger partial charge on any atom is 0.366 e. The minimum absolute atomic E-state index is 0.00680. The van der Waals surface area contributed by atoms with Gasteiger partial charge in [-0.3, -0.25) is 0 Å². The highest BCUT2D eigenvalue weighted by molar-refractivity contribution is 5.85. The van der Waals surface area contributed by atoms with E-state index < -0.39 is 23.6 Å². The third kappa shape index (κ3) is 8.09. The van der Waals surface area contributed by atoms with Crippen LogP contribution in [0.25, 0.3) is 0 Å². The standard InChI is InChI=1S/C10H12F2O5/c1-7(11)9(13)16-5-3-15-4-6-17-10(14)8(2)12/h1-6H2. The SMILES string of the molecule is C=C(F)C(=O)OCCOCCOC(=O)C(=C)F. The normalized spacial score (nSPS) is 9.53. The van der Waals surface area contributed by atoms with E-state index >= 15 is 0 Å². The molecule has 0 radical (unpaired) electrons. The molecule has 0 aliphatic carbocycles. The van der Waals surface area contributed by atoms with Gasteiger partial charge in [-0.25, -0.2) is 9.59 Å². The van der Waals surface area contributed by atoms with E-state index in [4.69, 9.17) is 4.74 Å². The second-order valence-corrected chi connectivity index (χ2v) is 2.69. The van der Waals surface area contributed by atoms with Gasteiger partial charge in [-0.15, -0.1) is 0 Å². The van der Waals surface area contributed by atoms with Crippen molar-refractivity contribution in [2.75, 3.05) is 26.4 Å². The Morgan fingerprint density at radius 1 is 0.824 bits per heavy atom. The molecule has 0 aromatic carbocycles. The fourth-order valence-corrected chi connectivity index (χ4v) is 0.645. The summed E-state index contributed by atoms with van der Waals surface area (Å²) in [6, 6.07) is 0. The Balaban J connectivity index is 3.36. The van der Waals surface area contributed by atoms with Crippen LogP contribution in [-0.2, 0) is 23.8 Å². The summed E-state index contributed by atoms with van der Waals surface area (Å²) in [4.78, 5) is 21.0. The van der Waals surface area contributed by atoms with E-state index in [2.05, 4.69) is 22.6 Å². The predicted octanol–water partition coefficient (Wildman–Crippen LogP) is 1.06. The summed E-state index contributed by atoms with van der Waals surface area (Å²) in [5.74, 6) is -4.71. The van der Waals surface area contributed by atoms with Crippen molar-refractivity contribution in [3.63, 3.8) is 0 Å². The summed E-state index contributed by atoms with van der Waals surface area (Å²) < 4.78 is 37.7. The van der Waals surface area contributed by atoms with E-state index in [1.54, 1.807) is 0 Å². The zero-order chi connectivity index (χ0) is 13.3. The molecule has 0 amide bonds. The Morgan fingerprint density at radius 2 is 1.18 bits per heavy atom. The average molecular weight is 250 g/mol.